The molecule has 0 spiro atoms. The minimum Gasteiger partial charge on any atom is -0.496 e. The van der Waals surface area contributed by atoms with E-state index < -0.39 is 0 Å². The van der Waals surface area contributed by atoms with E-state index in [0.29, 0.717) is 22.6 Å². The molecule has 3 rings (SSSR count). The van der Waals surface area contributed by atoms with Gasteiger partial charge in [0.05, 0.1) is 12.7 Å². The van der Waals surface area contributed by atoms with Gasteiger partial charge in [0.1, 0.15) is 5.75 Å². The monoisotopic (exact) mass is 307 g/mol. The van der Waals surface area contributed by atoms with Crippen LogP contribution in [0.4, 0.5) is 5.95 Å². The van der Waals surface area contributed by atoms with Gasteiger partial charge in [-0.2, -0.15) is 4.98 Å². The van der Waals surface area contributed by atoms with Crippen LogP contribution in [0.15, 0.2) is 18.2 Å². The third kappa shape index (κ3) is 2.96. The second kappa shape index (κ2) is 5.91. The summed E-state index contributed by atoms with van der Waals surface area (Å²) in [6, 6.07) is 5.90. The average Bonchev–Trinajstić information content (AvgIpc) is 2.96. The van der Waals surface area contributed by atoms with Crippen LogP contribution in [0.2, 0.25) is 5.02 Å². The Balaban J connectivity index is 1.88. The van der Waals surface area contributed by atoms with Gasteiger partial charge in [-0.1, -0.05) is 11.6 Å². The number of hydrogen-bond donors (Lipinski definition) is 2. The maximum atomic E-state index is 5.98. The van der Waals surface area contributed by atoms with Crippen LogP contribution in [-0.2, 0) is 0 Å². The third-order valence-corrected chi connectivity index (χ3v) is 3.78. The summed E-state index contributed by atoms with van der Waals surface area (Å²) in [5.74, 6) is 2.08. The molecule has 2 N–H and O–H groups in total. The van der Waals surface area contributed by atoms with Crippen molar-refractivity contribution in [1.29, 1.82) is 0 Å². The van der Waals surface area contributed by atoms with Crippen LogP contribution < -0.4 is 15.0 Å². The van der Waals surface area contributed by atoms with Crippen LogP contribution in [0.25, 0.3) is 11.4 Å². The molecular weight excluding hydrogens is 290 g/mol. The van der Waals surface area contributed by atoms with Crippen LogP contribution in [-0.4, -0.2) is 48.0 Å². The number of aromatic nitrogens is 3. The normalized spacial score (nSPS) is 18.8. The summed E-state index contributed by atoms with van der Waals surface area (Å²) >= 11 is 5.98. The highest BCUT2D eigenvalue weighted by molar-refractivity contribution is 6.30. The van der Waals surface area contributed by atoms with Crippen molar-refractivity contribution >= 4 is 17.5 Å². The van der Waals surface area contributed by atoms with Crippen molar-refractivity contribution in [3.63, 3.8) is 0 Å². The van der Waals surface area contributed by atoms with Crippen molar-refractivity contribution in [3.8, 4) is 17.1 Å². The fraction of sp³-hybridized carbons (Fsp3) is 0.429. The molecule has 1 atom stereocenters. The Labute approximate surface area is 128 Å². The molecule has 2 heterocycles. The van der Waals surface area contributed by atoms with Crippen LogP contribution in [0.3, 0.4) is 0 Å². The number of anilines is 1. The molecule has 1 saturated heterocycles. The van der Waals surface area contributed by atoms with Crippen LogP contribution in [0, 0.1) is 0 Å². The molecule has 0 unspecified atom stereocenters. The number of nitrogens with one attached hydrogen (secondary N) is 2. The maximum absolute atomic E-state index is 5.98. The summed E-state index contributed by atoms with van der Waals surface area (Å²) in [6.07, 6.45) is 0. The zero-order chi connectivity index (χ0) is 14.8. The van der Waals surface area contributed by atoms with Gasteiger partial charge in [0.15, 0.2) is 5.82 Å². The molecule has 2 aromatic rings. The molecule has 0 aliphatic carbocycles. The topological polar surface area (TPSA) is 66.1 Å². The first kappa shape index (κ1) is 14.2. The molecule has 1 aromatic heterocycles. The van der Waals surface area contributed by atoms with Gasteiger partial charge in [-0.3, -0.25) is 5.10 Å². The molecule has 0 bridgehead atoms. The highest BCUT2D eigenvalue weighted by Gasteiger charge is 2.20. The molecule has 6 nitrogen and oxygen atoms in total. The van der Waals surface area contributed by atoms with E-state index in [1.807, 2.05) is 12.1 Å². The molecular formula is C14H18ClN5O. The van der Waals surface area contributed by atoms with Crippen molar-refractivity contribution in [2.45, 2.75) is 13.0 Å². The second-order valence-corrected chi connectivity index (χ2v) is 5.57. The number of hydrogen-bond acceptors (Lipinski definition) is 5. The molecule has 0 radical (unpaired) electrons. The first-order chi connectivity index (χ1) is 10.2. The van der Waals surface area contributed by atoms with Gasteiger partial charge in [0, 0.05) is 30.7 Å². The Morgan fingerprint density at radius 2 is 2.29 bits per heavy atom. The number of nitrogens with zero attached hydrogens (tertiary/aromatic N) is 3. The van der Waals surface area contributed by atoms with Gasteiger partial charge in [0.25, 0.3) is 0 Å². The summed E-state index contributed by atoms with van der Waals surface area (Å²) in [5, 5.41) is 11.3. The minimum absolute atomic E-state index is 0.436. The number of ether oxygens (including phenoxy) is 1. The van der Waals surface area contributed by atoms with E-state index in [1.54, 1.807) is 13.2 Å². The van der Waals surface area contributed by atoms with Crippen molar-refractivity contribution < 1.29 is 4.74 Å². The third-order valence-electron chi connectivity index (χ3n) is 3.54. The van der Waals surface area contributed by atoms with Crippen molar-refractivity contribution in [3.05, 3.63) is 23.2 Å². The fourth-order valence-electron chi connectivity index (χ4n) is 2.49. The van der Waals surface area contributed by atoms with E-state index in [0.717, 1.165) is 31.1 Å². The second-order valence-electron chi connectivity index (χ2n) is 5.13. The van der Waals surface area contributed by atoms with E-state index >= 15 is 0 Å². The summed E-state index contributed by atoms with van der Waals surface area (Å²) in [4.78, 5) is 6.76. The summed E-state index contributed by atoms with van der Waals surface area (Å²) in [6.45, 7) is 4.89. The lowest BCUT2D eigenvalue weighted by Gasteiger charge is -2.30. The van der Waals surface area contributed by atoms with Gasteiger partial charge in [-0.25, -0.2) is 0 Å². The highest BCUT2D eigenvalue weighted by atomic mass is 35.5. The molecule has 1 aliphatic rings. The number of rotatable bonds is 3. The standard InChI is InChI=1S/C14H18ClN5O/c1-9-8-20(6-5-16-9)14-17-13(18-19-14)11-4-3-10(15)7-12(11)21-2/h3-4,7,9,16H,5-6,8H2,1-2H3,(H,17,18,19)/t9-/m0/s1. The fourth-order valence-corrected chi connectivity index (χ4v) is 2.65. The molecule has 0 amide bonds. The zero-order valence-electron chi connectivity index (χ0n) is 12.1. The average molecular weight is 308 g/mol. The lowest BCUT2D eigenvalue weighted by molar-refractivity contribution is 0.416. The number of H-pyrrole nitrogens is 1. The Morgan fingerprint density at radius 1 is 1.43 bits per heavy atom. The Kier molecular flexibility index (Phi) is 3.98. The van der Waals surface area contributed by atoms with Crippen LogP contribution in [0.5, 0.6) is 5.75 Å². The molecule has 1 fully saturated rings. The number of piperazine rings is 1. The summed E-state index contributed by atoms with van der Waals surface area (Å²) in [5.41, 5.74) is 0.851. The minimum atomic E-state index is 0.436. The predicted octanol–water partition coefficient (Wildman–Crippen LogP) is 1.93. The lowest BCUT2D eigenvalue weighted by Crippen LogP contribution is -2.49. The first-order valence-electron chi connectivity index (χ1n) is 6.92. The molecule has 1 aliphatic heterocycles. The molecule has 21 heavy (non-hydrogen) atoms. The first-order valence-corrected chi connectivity index (χ1v) is 7.30. The van der Waals surface area contributed by atoms with Crippen molar-refractivity contribution in [2.75, 3.05) is 31.6 Å². The van der Waals surface area contributed by atoms with Crippen LogP contribution in [0.1, 0.15) is 6.92 Å². The van der Waals surface area contributed by atoms with E-state index in [4.69, 9.17) is 16.3 Å². The summed E-state index contributed by atoms with van der Waals surface area (Å²) in [7, 11) is 1.62. The number of methoxy groups -OCH3 is 1. The Bertz CT molecular complexity index is 630. The van der Waals surface area contributed by atoms with Gasteiger partial charge < -0.3 is 15.0 Å². The van der Waals surface area contributed by atoms with Crippen molar-refractivity contribution in [1.82, 2.24) is 20.5 Å². The Morgan fingerprint density at radius 3 is 3.05 bits per heavy atom. The van der Waals surface area contributed by atoms with E-state index in [9.17, 15) is 0 Å². The molecule has 112 valence electrons. The smallest absolute Gasteiger partial charge is 0.245 e. The maximum Gasteiger partial charge on any atom is 0.245 e. The van der Waals surface area contributed by atoms with E-state index in [1.165, 1.54) is 0 Å². The van der Waals surface area contributed by atoms with Crippen molar-refractivity contribution in [2.24, 2.45) is 0 Å². The van der Waals surface area contributed by atoms with Gasteiger partial charge >= 0.3 is 0 Å². The van der Waals surface area contributed by atoms with E-state index in [2.05, 4.69) is 32.3 Å². The van der Waals surface area contributed by atoms with Crippen LogP contribution >= 0.6 is 11.6 Å². The largest absolute Gasteiger partial charge is 0.496 e. The van der Waals surface area contributed by atoms with Gasteiger partial charge in [0.2, 0.25) is 5.95 Å². The van der Waals surface area contributed by atoms with Gasteiger partial charge in [-0.05, 0) is 25.1 Å². The highest BCUT2D eigenvalue weighted by Crippen LogP contribution is 2.30. The zero-order valence-corrected chi connectivity index (χ0v) is 12.8. The molecule has 0 saturated carbocycles. The number of halogens is 1. The quantitative estimate of drug-likeness (QED) is 0.907. The number of benzene rings is 1. The predicted molar refractivity (Wildman–Crippen MR) is 83.1 cm³/mol. The lowest BCUT2D eigenvalue weighted by atomic mass is 10.2. The Hall–Kier alpha value is -1.79. The molecule has 7 heteroatoms. The number of aromatic amines is 1. The van der Waals surface area contributed by atoms with E-state index in [-0.39, 0.29) is 0 Å². The summed E-state index contributed by atoms with van der Waals surface area (Å²) < 4.78 is 5.36. The van der Waals surface area contributed by atoms with Gasteiger partial charge in [-0.15, -0.1) is 5.10 Å². The molecule has 1 aromatic carbocycles. The SMILES string of the molecule is COc1cc(Cl)ccc1-c1nc(N2CCN[C@@H](C)C2)n[nH]1.